The summed E-state index contributed by atoms with van der Waals surface area (Å²) in [6, 6.07) is 17.3. The average molecular weight is 528 g/mol. The van der Waals surface area contributed by atoms with Gasteiger partial charge in [0.05, 0.1) is 9.79 Å². The summed E-state index contributed by atoms with van der Waals surface area (Å²) in [5.41, 5.74) is 2.73. The fourth-order valence-electron chi connectivity index (χ4n) is 4.01. The van der Waals surface area contributed by atoms with Gasteiger partial charge in [-0.05, 0) is 80.8 Å². The van der Waals surface area contributed by atoms with E-state index in [-0.39, 0.29) is 15.4 Å². The Hall–Kier alpha value is -3.21. The minimum atomic E-state index is -3.80. The standard InChI is InChI=1S/C26H29N3O5S2/c1-19-6-9-22(10-7-19)28-35(31,32)23-14-11-21(12-15-23)27-26(30)25-18-24(13-8-20(25)2)36(33,34)29-16-4-3-5-17-29/h6-15,18,28H,3-5,16-17H2,1-2H3,(H,27,30). The molecule has 0 bridgehead atoms. The van der Waals surface area contributed by atoms with E-state index in [1.165, 1.54) is 40.7 Å². The Morgan fingerprint density at radius 3 is 1.97 bits per heavy atom. The minimum Gasteiger partial charge on any atom is -0.322 e. The highest BCUT2D eigenvalue weighted by Gasteiger charge is 2.27. The Morgan fingerprint density at radius 2 is 1.33 bits per heavy atom. The van der Waals surface area contributed by atoms with Crippen LogP contribution in [0.2, 0.25) is 0 Å². The second-order valence-corrected chi connectivity index (χ2v) is 12.5. The lowest BCUT2D eigenvalue weighted by Gasteiger charge is -2.26. The molecule has 1 aliphatic heterocycles. The quantitative estimate of drug-likeness (QED) is 0.469. The summed E-state index contributed by atoms with van der Waals surface area (Å²) in [6.45, 7) is 4.60. The van der Waals surface area contributed by atoms with Crippen LogP contribution in [0.25, 0.3) is 0 Å². The Balaban J connectivity index is 1.49. The summed E-state index contributed by atoms with van der Waals surface area (Å²) in [5.74, 6) is -0.475. The first-order chi connectivity index (χ1) is 17.1. The minimum absolute atomic E-state index is 0.0480. The fraction of sp³-hybridized carbons (Fsp3) is 0.269. The molecule has 1 saturated heterocycles. The molecule has 3 aromatic rings. The van der Waals surface area contributed by atoms with E-state index in [1.54, 1.807) is 25.1 Å². The molecule has 3 aromatic carbocycles. The number of nitrogens with zero attached hydrogens (tertiary/aromatic N) is 1. The molecular weight excluding hydrogens is 498 g/mol. The number of piperidine rings is 1. The maximum absolute atomic E-state index is 13.0. The Kier molecular flexibility index (Phi) is 7.49. The van der Waals surface area contributed by atoms with Crippen LogP contribution in [0.15, 0.2) is 76.5 Å². The Labute approximate surface area is 212 Å². The van der Waals surface area contributed by atoms with Gasteiger partial charge in [0, 0.05) is 30.0 Å². The number of aryl methyl sites for hydroxylation is 2. The van der Waals surface area contributed by atoms with Crippen LogP contribution in [-0.2, 0) is 20.0 Å². The molecule has 8 nitrogen and oxygen atoms in total. The van der Waals surface area contributed by atoms with Gasteiger partial charge in [-0.2, -0.15) is 4.31 Å². The Morgan fingerprint density at radius 1 is 0.750 bits per heavy atom. The van der Waals surface area contributed by atoms with E-state index in [0.29, 0.717) is 30.0 Å². The fourth-order valence-corrected chi connectivity index (χ4v) is 6.61. The van der Waals surface area contributed by atoms with Gasteiger partial charge < -0.3 is 5.32 Å². The molecule has 0 spiro atoms. The number of nitrogens with one attached hydrogen (secondary N) is 2. The lowest BCUT2D eigenvalue weighted by Crippen LogP contribution is -2.35. The number of amides is 1. The first-order valence-electron chi connectivity index (χ1n) is 11.7. The number of benzene rings is 3. The van der Waals surface area contributed by atoms with Gasteiger partial charge in [0.2, 0.25) is 10.0 Å². The molecule has 2 N–H and O–H groups in total. The second kappa shape index (κ2) is 10.4. The molecule has 1 aliphatic rings. The van der Waals surface area contributed by atoms with E-state index in [1.807, 2.05) is 19.1 Å². The highest BCUT2D eigenvalue weighted by atomic mass is 32.2. The van der Waals surface area contributed by atoms with Gasteiger partial charge in [0.15, 0.2) is 0 Å². The summed E-state index contributed by atoms with van der Waals surface area (Å²) in [5, 5.41) is 2.73. The topological polar surface area (TPSA) is 113 Å². The zero-order chi connectivity index (χ0) is 25.9. The first-order valence-corrected chi connectivity index (χ1v) is 14.6. The molecule has 1 amide bonds. The van der Waals surface area contributed by atoms with Crippen molar-refractivity contribution in [2.45, 2.75) is 42.9 Å². The number of carbonyl (C=O) groups excluding carboxylic acids is 1. The van der Waals surface area contributed by atoms with E-state index in [4.69, 9.17) is 0 Å². The van der Waals surface area contributed by atoms with Crippen molar-refractivity contribution >= 4 is 37.3 Å². The third kappa shape index (κ3) is 5.77. The van der Waals surface area contributed by atoms with Crippen molar-refractivity contribution in [1.82, 2.24) is 4.31 Å². The van der Waals surface area contributed by atoms with Crippen molar-refractivity contribution in [2.75, 3.05) is 23.1 Å². The third-order valence-corrected chi connectivity index (χ3v) is 9.42. The monoisotopic (exact) mass is 527 g/mol. The molecule has 190 valence electrons. The smallest absolute Gasteiger partial charge is 0.261 e. The molecule has 0 atom stereocenters. The van der Waals surface area contributed by atoms with Gasteiger partial charge in [-0.15, -0.1) is 0 Å². The predicted octanol–water partition coefficient (Wildman–Crippen LogP) is 4.53. The van der Waals surface area contributed by atoms with Crippen LogP contribution in [0.1, 0.15) is 40.7 Å². The Bertz CT molecular complexity index is 1460. The molecular formula is C26H29N3O5S2. The molecule has 0 aliphatic carbocycles. The normalized spacial score (nSPS) is 14.8. The number of hydrogen-bond acceptors (Lipinski definition) is 5. The van der Waals surface area contributed by atoms with E-state index in [9.17, 15) is 21.6 Å². The van der Waals surface area contributed by atoms with Crippen LogP contribution in [0, 0.1) is 13.8 Å². The van der Waals surface area contributed by atoms with E-state index in [0.717, 1.165) is 24.8 Å². The number of anilines is 2. The number of hydrogen-bond donors (Lipinski definition) is 2. The van der Waals surface area contributed by atoms with Crippen LogP contribution >= 0.6 is 0 Å². The molecule has 1 heterocycles. The van der Waals surface area contributed by atoms with Crippen molar-refractivity contribution < 1.29 is 21.6 Å². The van der Waals surface area contributed by atoms with Crippen LogP contribution in [0.4, 0.5) is 11.4 Å². The molecule has 4 rings (SSSR count). The molecule has 1 fully saturated rings. The van der Waals surface area contributed by atoms with Gasteiger partial charge in [0.1, 0.15) is 0 Å². The van der Waals surface area contributed by atoms with Gasteiger partial charge in [-0.3, -0.25) is 9.52 Å². The molecule has 0 saturated carbocycles. The third-order valence-electron chi connectivity index (χ3n) is 6.13. The van der Waals surface area contributed by atoms with E-state index < -0.39 is 26.0 Å². The summed E-state index contributed by atoms with van der Waals surface area (Å²) < 4.78 is 55.5. The molecule has 0 unspecified atom stereocenters. The van der Waals surface area contributed by atoms with Crippen LogP contribution in [0.3, 0.4) is 0 Å². The van der Waals surface area contributed by atoms with E-state index in [2.05, 4.69) is 10.0 Å². The molecule has 36 heavy (non-hydrogen) atoms. The van der Waals surface area contributed by atoms with Crippen molar-refractivity contribution in [3.63, 3.8) is 0 Å². The SMILES string of the molecule is Cc1ccc(NS(=O)(=O)c2ccc(NC(=O)c3cc(S(=O)(=O)N4CCCCC4)ccc3C)cc2)cc1. The maximum Gasteiger partial charge on any atom is 0.261 e. The van der Waals surface area contributed by atoms with Crippen molar-refractivity contribution in [3.05, 3.63) is 83.4 Å². The van der Waals surface area contributed by atoms with Gasteiger partial charge >= 0.3 is 0 Å². The first kappa shape index (κ1) is 25.9. The van der Waals surface area contributed by atoms with Crippen molar-refractivity contribution in [1.29, 1.82) is 0 Å². The zero-order valence-corrected chi connectivity index (χ0v) is 21.8. The summed E-state index contributed by atoms with van der Waals surface area (Å²) in [7, 11) is -7.48. The zero-order valence-electron chi connectivity index (χ0n) is 20.2. The van der Waals surface area contributed by atoms with Crippen molar-refractivity contribution in [2.24, 2.45) is 0 Å². The summed E-state index contributed by atoms with van der Waals surface area (Å²) in [4.78, 5) is 13.1. The van der Waals surface area contributed by atoms with Gasteiger partial charge in [-0.1, -0.05) is 30.2 Å². The molecule has 0 radical (unpaired) electrons. The number of carbonyl (C=O) groups is 1. The number of sulfonamides is 2. The van der Waals surface area contributed by atoms with Crippen LogP contribution in [0.5, 0.6) is 0 Å². The lowest BCUT2D eigenvalue weighted by molar-refractivity contribution is 0.102. The largest absolute Gasteiger partial charge is 0.322 e. The van der Waals surface area contributed by atoms with Gasteiger partial charge in [0.25, 0.3) is 15.9 Å². The van der Waals surface area contributed by atoms with Gasteiger partial charge in [-0.25, -0.2) is 16.8 Å². The molecule has 10 heteroatoms. The summed E-state index contributed by atoms with van der Waals surface area (Å²) >= 11 is 0. The highest BCUT2D eigenvalue weighted by Crippen LogP contribution is 2.24. The van der Waals surface area contributed by atoms with E-state index >= 15 is 0 Å². The maximum atomic E-state index is 13.0. The summed E-state index contributed by atoms with van der Waals surface area (Å²) in [6.07, 6.45) is 2.66. The average Bonchev–Trinajstić information content (AvgIpc) is 2.86. The van der Waals surface area contributed by atoms with Crippen LogP contribution < -0.4 is 10.0 Å². The lowest BCUT2D eigenvalue weighted by atomic mass is 10.1. The predicted molar refractivity (Wildman–Crippen MR) is 140 cm³/mol. The molecule has 0 aromatic heterocycles. The highest BCUT2D eigenvalue weighted by molar-refractivity contribution is 7.92. The number of rotatable bonds is 7. The van der Waals surface area contributed by atoms with Crippen LogP contribution in [-0.4, -0.2) is 40.1 Å². The van der Waals surface area contributed by atoms with Crippen molar-refractivity contribution in [3.8, 4) is 0 Å². The second-order valence-electron chi connectivity index (χ2n) is 8.89.